The quantitative estimate of drug-likeness (QED) is 0.413. The van der Waals surface area contributed by atoms with Gasteiger partial charge in [0.25, 0.3) is 0 Å². The molecule has 0 aromatic heterocycles. The van der Waals surface area contributed by atoms with Gasteiger partial charge in [0.1, 0.15) is 6.61 Å². The van der Waals surface area contributed by atoms with E-state index in [-0.39, 0.29) is 43.2 Å². The van der Waals surface area contributed by atoms with Crippen LogP contribution in [0.1, 0.15) is 83.1 Å². The first-order valence-corrected chi connectivity index (χ1v) is 11.1. The second kappa shape index (κ2) is 11.0. The first-order valence-electron chi connectivity index (χ1n) is 11.1. The molecule has 30 heavy (non-hydrogen) atoms. The summed E-state index contributed by atoms with van der Waals surface area (Å²) in [6.07, 6.45) is -1.61. The Morgan fingerprint density at radius 1 is 0.467 bits per heavy atom. The minimum Gasteiger partial charge on any atom is -0.323 e. The van der Waals surface area contributed by atoms with E-state index in [0.717, 1.165) is 0 Å². The monoisotopic (exact) mass is 436 g/mol. The van der Waals surface area contributed by atoms with Gasteiger partial charge < -0.3 is 33.2 Å². The number of hydrogen-bond donors (Lipinski definition) is 0. The second-order valence-corrected chi connectivity index (χ2v) is 9.19. The maximum absolute atomic E-state index is 6.46. The van der Waals surface area contributed by atoms with Crippen LogP contribution in [-0.2, 0) is 37.9 Å². The molecule has 0 aromatic rings. The lowest BCUT2D eigenvalue weighted by Crippen LogP contribution is -2.74. The third kappa shape index (κ3) is 7.38. The molecule has 0 spiro atoms. The van der Waals surface area contributed by atoms with E-state index in [2.05, 4.69) is 0 Å². The van der Waals surface area contributed by atoms with E-state index >= 15 is 0 Å². The number of hydrogen-bond acceptors (Lipinski definition) is 8. The van der Waals surface area contributed by atoms with E-state index in [1.54, 1.807) is 0 Å². The van der Waals surface area contributed by atoms with Gasteiger partial charge in [0.2, 0.25) is 0 Å². The Labute approximate surface area is 182 Å². The zero-order valence-electron chi connectivity index (χ0n) is 20.9. The SMILES string of the molecule is CC(C)OC1(OC(C)C)COC(OC(C)C)(OC(C)C)C(OC(C)C)(OC(C)C)O1. The summed E-state index contributed by atoms with van der Waals surface area (Å²) in [5.41, 5.74) is 0. The lowest BCUT2D eigenvalue weighted by atomic mass is 10.3. The smallest absolute Gasteiger partial charge is 0.323 e. The van der Waals surface area contributed by atoms with Crippen molar-refractivity contribution >= 4 is 0 Å². The highest BCUT2D eigenvalue weighted by molar-refractivity contribution is 4.85. The molecule has 8 nitrogen and oxygen atoms in total. The van der Waals surface area contributed by atoms with Crippen LogP contribution < -0.4 is 0 Å². The summed E-state index contributed by atoms with van der Waals surface area (Å²) in [5.74, 6) is -5.28. The molecule has 1 rings (SSSR count). The summed E-state index contributed by atoms with van der Waals surface area (Å²) in [7, 11) is 0. The molecule has 0 bridgehead atoms. The summed E-state index contributed by atoms with van der Waals surface area (Å²) in [5, 5.41) is 0. The molecule has 1 aliphatic rings. The van der Waals surface area contributed by atoms with Crippen LogP contribution in [0.15, 0.2) is 0 Å². The number of rotatable bonds is 12. The molecule has 1 aliphatic heterocycles. The van der Waals surface area contributed by atoms with Crippen molar-refractivity contribution in [3.05, 3.63) is 0 Å². The van der Waals surface area contributed by atoms with E-state index in [9.17, 15) is 0 Å². The Hall–Kier alpha value is -0.320. The van der Waals surface area contributed by atoms with Gasteiger partial charge >= 0.3 is 17.9 Å². The van der Waals surface area contributed by atoms with Crippen molar-refractivity contribution < 1.29 is 37.9 Å². The topological polar surface area (TPSA) is 73.8 Å². The Morgan fingerprint density at radius 2 is 0.767 bits per heavy atom. The van der Waals surface area contributed by atoms with E-state index < -0.39 is 17.9 Å². The van der Waals surface area contributed by atoms with Crippen molar-refractivity contribution in [1.29, 1.82) is 0 Å². The molecule has 0 unspecified atom stereocenters. The molecule has 1 fully saturated rings. The zero-order chi connectivity index (χ0) is 23.3. The van der Waals surface area contributed by atoms with Crippen LogP contribution in [0.25, 0.3) is 0 Å². The summed E-state index contributed by atoms with van der Waals surface area (Å²) < 4.78 is 49.7. The molecule has 8 heteroatoms. The Kier molecular flexibility index (Phi) is 10.2. The predicted octanol–water partition coefficient (Wildman–Crippen LogP) is 4.54. The van der Waals surface area contributed by atoms with Gasteiger partial charge in [-0.15, -0.1) is 0 Å². The highest BCUT2D eigenvalue weighted by Gasteiger charge is 2.70. The molecule has 0 N–H and O–H groups in total. The lowest BCUT2D eigenvalue weighted by molar-refractivity contribution is -0.654. The summed E-state index contributed by atoms with van der Waals surface area (Å²) in [6, 6.07) is 0. The van der Waals surface area contributed by atoms with Crippen LogP contribution >= 0.6 is 0 Å². The highest BCUT2D eigenvalue weighted by Crippen LogP contribution is 2.47. The molecule has 1 saturated heterocycles. The average Bonchev–Trinajstić information content (AvgIpc) is 2.47. The fourth-order valence-corrected chi connectivity index (χ4v) is 3.13. The van der Waals surface area contributed by atoms with E-state index in [4.69, 9.17) is 37.9 Å². The van der Waals surface area contributed by atoms with Crippen LogP contribution in [0.3, 0.4) is 0 Å². The fraction of sp³-hybridized carbons (Fsp3) is 1.00. The molecule has 0 saturated carbocycles. The maximum atomic E-state index is 6.46. The standard InChI is InChI=1S/C22H44O8/c1-14(2)24-20(25-15(3)4)13-23-21(26-16(5)6,27-17(7)8)22(30-20,28-18(9)10)29-19(11)12/h14-19H,13H2,1-12H3. The van der Waals surface area contributed by atoms with Gasteiger partial charge in [-0.3, -0.25) is 4.74 Å². The summed E-state index contributed by atoms with van der Waals surface area (Å²) >= 11 is 0. The van der Waals surface area contributed by atoms with Gasteiger partial charge in [0.05, 0.1) is 36.6 Å². The second-order valence-electron chi connectivity index (χ2n) is 9.19. The van der Waals surface area contributed by atoms with Gasteiger partial charge in [-0.2, -0.15) is 0 Å². The lowest BCUT2D eigenvalue weighted by Gasteiger charge is -2.55. The molecule has 180 valence electrons. The molecule has 1 heterocycles. The Bertz CT molecular complexity index is 471. The highest BCUT2D eigenvalue weighted by atomic mass is 17.1. The van der Waals surface area contributed by atoms with Crippen molar-refractivity contribution in [1.82, 2.24) is 0 Å². The molecular formula is C22H44O8. The maximum Gasteiger partial charge on any atom is 0.375 e. The van der Waals surface area contributed by atoms with E-state index in [0.29, 0.717) is 0 Å². The molecule has 0 aliphatic carbocycles. The third-order valence-electron chi connectivity index (χ3n) is 3.50. The molecule has 0 amide bonds. The van der Waals surface area contributed by atoms with E-state index in [1.165, 1.54) is 0 Å². The first kappa shape index (κ1) is 27.7. The van der Waals surface area contributed by atoms with Gasteiger partial charge in [-0.25, -0.2) is 0 Å². The van der Waals surface area contributed by atoms with Crippen molar-refractivity contribution in [2.75, 3.05) is 6.61 Å². The normalized spacial score (nSPS) is 21.0. The van der Waals surface area contributed by atoms with Crippen LogP contribution in [0.2, 0.25) is 0 Å². The zero-order valence-corrected chi connectivity index (χ0v) is 20.9. The molecular weight excluding hydrogens is 392 g/mol. The average molecular weight is 437 g/mol. The van der Waals surface area contributed by atoms with Gasteiger partial charge in [-0.1, -0.05) is 0 Å². The van der Waals surface area contributed by atoms with Crippen molar-refractivity contribution in [2.45, 2.75) is 138 Å². The van der Waals surface area contributed by atoms with Gasteiger partial charge in [-0.05, 0) is 83.1 Å². The van der Waals surface area contributed by atoms with Crippen LogP contribution in [0.5, 0.6) is 0 Å². The van der Waals surface area contributed by atoms with Crippen molar-refractivity contribution in [3.8, 4) is 0 Å². The van der Waals surface area contributed by atoms with E-state index in [1.807, 2.05) is 83.1 Å². The van der Waals surface area contributed by atoms with Crippen molar-refractivity contribution in [2.24, 2.45) is 0 Å². The minimum absolute atomic E-state index is 0.104. The predicted molar refractivity (Wildman–Crippen MR) is 113 cm³/mol. The van der Waals surface area contributed by atoms with Gasteiger partial charge in [0.15, 0.2) is 0 Å². The van der Waals surface area contributed by atoms with Crippen molar-refractivity contribution in [3.63, 3.8) is 0 Å². The fourth-order valence-electron chi connectivity index (χ4n) is 3.13. The summed E-state index contributed by atoms with van der Waals surface area (Å²) in [4.78, 5) is 0. The number of ether oxygens (including phenoxy) is 8. The van der Waals surface area contributed by atoms with Gasteiger partial charge in [0, 0.05) is 0 Å². The third-order valence-corrected chi connectivity index (χ3v) is 3.50. The first-order chi connectivity index (χ1) is 13.7. The molecule has 0 atom stereocenters. The molecule has 0 radical (unpaired) electrons. The minimum atomic E-state index is -1.91. The molecule has 0 aromatic carbocycles. The summed E-state index contributed by atoms with van der Waals surface area (Å²) in [6.45, 7) is 22.4. The Balaban J connectivity index is 3.64. The van der Waals surface area contributed by atoms with Crippen LogP contribution in [-0.4, -0.2) is 61.2 Å². The van der Waals surface area contributed by atoms with Crippen LogP contribution in [0, 0.1) is 0 Å². The Morgan fingerprint density at radius 3 is 1.07 bits per heavy atom. The van der Waals surface area contributed by atoms with Crippen LogP contribution in [0.4, 0.5) is 0 Å². The largest absolute Gasteiger partial charge is 0.375 e.